The number of aromatic amines is 1. The number of thioether (sulfide) groups is 1. The van der Waals surface area contributed by atoms with E-state index in [4.69, 9.17) is 4.98 Å². The highest BCUT2D eigenvalue weighted by atomic mass is 32.2. The molecule has 5 nitrogen and oxygen atoms in total. The molecule has 2 aromatic heterocycles. The van der Waals surface area contributed by atoms with E-state index in [1.54, 1.807) is 0 Å². The third-order valence-electron chi connectivity index (χ3n) is 4.16. The van der Waals surface area contributed by atoms with Crippen molar-refractivity contribution in [3.63, 3.8) is 0 Å². The van der Waals surface area contributed by atoms with Crippen LogP contribution in [0.25, 0.3) is 27.6 Å². The minimum absolute atomic E-state index is 0.142. The van der Waals surface area contributed by atoms with Crippen LogP contribution >= 0.6 is 11.8 Å². The molecular weight excluding hydrogens is 403 g/mol. The molecule has 2 heterocycles. The van der Waals surface area contributed by atoms with Crippen LogP contribution in [0.15, 0.2) is 58.5 Å². The largest absolute Gasteiger partial charge is 0.573 e. The van der Waals surface area contributed by atoms with Gasteiger partial charge in [-0.3, -0.25) is 9.36 Å². The number of ether oxygens (including phenoxy) is 1. The Labute approximate surface area is 167 Å². The van der Waals surface area contributed by atoms with Gasteiger partial charge in [-0.25, -0.2) is 4.98 Å². The fourth-order valence-corrected chi connectivity index (χ4v) is 3.92. The molecule has 0 saturated carbocycles. The molecular formula is C20H16F3N3O2S. The molecule has 4 rings (SSSR count). The highest BCUT2D eigenvalue weighted by Gasteiger charge is 2.31. The molecule has 0 aliphatic heterocycles. The van der Waals surface area contributed by atoms with Gasteiger partial charge in [0.15, 0.2) is 5.16 Å². The van der Waals surface area contributed by atoms with Gasteiger partial charge in [-0.1, -0.05) is 43.8 Å². The SMILES string of the molecule is CC(C)Sc1nc2c([nH]c3ccccc32)c(=O)n1-c1ccc(OC(F)(F)F)cc1. The summed E-state index contributed by atoms with van der Waals surface area (Å²) in [5.74, 6) is -0.355. The van der Waals surface area contributed by atoms with Crippen molar-refractivity contribution in [1.82, 2.24) is 14.5 Å². The second kappa shape index (κ2) is 7.14. The quantitative estimate of drug-likeness (QED) is 0.362. The van der Waals surface area contributed by atoms with Crippen LogP contribution in [0.4, 0.5) is 13.2 Å². The number of aromatic nitrogens is 3. The van der Waals surface area contributed by atoms with Crippen LogP contribution in [0.2, 0.25) is 0 Å². The Balaban J connectivity index is 1.91. The monoisotopic (exact) mass is 419 g/mol. The number of rotatable bonds is 4. The van der Waals surface area contributed by atoms with Gasteiger partial charge in [0.25, 0.3) is 5.56 Å². The van der Waals surface area contributed by atoms with Crippen LogP contribution in [0, 0.1) is 0 Å². The number of halogens is 3. The van der Waals surface area contributed by atoms with Crippen molar-refractivity contribution < 1.29 is 17.9 Å². The Morgan fingerprint density at radius 3 is 2.45 bits per heavy atom. The second-order valence-electron chi connectivity index (χ2n) is 6.64. The molecule has 0 atom stereocenters. The first-order valence-corrected chi connectivity index (χ1v) is 9.67. The summed E-state index contributed by atoms with van der Waals surface area (Å²) in [5, 5.41) is 1.45. The van der Waals surface area contributed by atoms with Gasteiger partial charge in [-0.05, 0) is 30.3 Å². The van der Waals surface area contributed by atoms with Gasteiger partial charge in [0, 0.05) is 16.2 Å². The Morgan fingerprint density at radius 1 is 1.10 bits per heavy atom. The molecule has 1 N–H and O–H groups in total. The molecule has 29 heavy (non-hydrogen) atoms. The lowest BCUT2D eigenvalue weighted by Gasteiger charge is -2.14. The number of hydrogen-bond acceptors (Lipinski definition) is 4. The van der Waals surface area contributed by atoms with Gasteiger partial charge in [0.1, 0.15) is 16.8 Å². The summed E-state index contributed by atoms with van der Waals surface area (Å²) >= 11 is 1.40. The maximum Gasteiger partial charge on any atom is 0.573 e. The van der Waals surface area contributed by atoms with Crippen molar-refractivity contribution in [2.75, 3.05) is 0 Å². The molecule has 9 heteroatoms. The van der Waals surface area contributed by atoms with Gasteiger partial charge < -0.3 is 9.72 Å². The third-order valence-corrected chi connectivity index (χ3v) is 5.12. The standard InChI is InChI=1S/C20H16F3N3O2S/c1-11(2)29-19-25-16-14-5-3-4-6-15(14)24-17(16)18(27)26(19)12-7-9-13(10-8-12)28-20(21,22)23/h3-11,24H,1-2H3. The lowest BCUT2D eigenvalue weighted by Crippen LogP contribution is -2.22. The van der Waals surface area contributed by atoms with Gasteiger partial charge in [-0.2, -0.15) is 0 Å². The van der Waals surface area contributed by atoms with Crippen LogP contribution in [0.5, 0.6) is 5.75 Å². The van der Waals surface area contributed by atoms with Crippen molar-refractivity contribution in [3.05, 3.63) is 58.9 Å². The van der Waals surface area contributed by atoms with Crippen molar-refractivity contribution in [2.24, 2.45) is 0 Å². The van der Waals surface area contributed by atoms with E-state index in [-0.39, 0.29) is 16.6 Å². The van der Waals surface area contributed by atoms with E-state index < -0.39 is 6.36 Å². The normalized spacial score (nSPS) is 12.2. The highest BCUT2D eigenvalue weighted by molar-refractivity contribution is 7.99. The Hall–Kier alpha value is -2.94. The molecule has 0 radical (unpaired) electrons. The molecule has 4 aromatic rings. The number of nitrogens with zero attached hydrogens (tertiary/aromatic N) is 2. The highest BCUT2D eigenvalue weighted by Crippen LogP contribution is 2.29. The van der Waals surface area contributed by atoms with Gasteiger partial charge >= 0.3 is 6.36 Å². The summed E-state index contributed by atoms with van der Waals surface area (Å²) in [6, 6.07) is 12.6. The molecule has 0 saturated heterocycles. The number of nitrogens with one attached hydrogen (secondary N) is 1. The minimum Gasteiger partial charge on any atom is -0.406 e. The molecule has 150 valence electrons. The first-order valence-electron chi connectivity index (χ1n) is 8.79. The van der Waals surface area contributed by atoms with Gasteiger partial charge in [-0.15, -0.1) is 13.2 Å². The topological polar surface area (TPSA) is 59.9 Å². The molecule has 0 amide bonds. The summed E-state index contributed by atoms with van der Waals surface area (Å²) in [6.07, 6.45) is -4.78. The predicted molar refractivity (Wildman–Crippen MR) is 107 cm³/mol. The van der Waals surface area contributed by atoms with Crippen LogP contribution in [0.3, 0.4) is 0 Å². The zero-order valence-electron chi connectivity index (χ0n) is 15.4. The zero-order valence-corrected chi connectivity index (χ0v) is 16.3. The molecule has 0 spiro atoms. The summed E-state index contributed by atoms with van der Waals surface area (Å²) in [4.78, 5) is 21.1. The number of para-hydroxylation sites is 1. The average Bonchev–Trinajstić information content (AvgIpc) is 3.00. The molecule has 0 fully saturated rings. The maximum absolute atomic E-state index is 13.3. The lowest BCUT2D eigenvalue weighted by molar-refractivity contribution is -0.274. The zero-order chi connectivity index (χ0) is 20.8. The van der Waals surface area contributed by atoms with Crippen molar-refractivity contribution >= 4 is 33.7 Å². The number of benzene rings is 2. The van der Waals surface area contributed by atoms with Crippen molar-refractivity contribution in [3.8, 4) is 11.4 Å². The van der Waals surface area contributed by atoms with Gasteiger partial charge in [0.2, 0.25) is 0 Å². The minimum atomic E-state index is -4.78. The molecule has 0 bridgehead atoms. The summed E-state index contributed by atoms with van der Waals surface area (Å²) < 4.78 is 42.6. The third kappa shape index (κ3) is 3.82. The van der Waals surface area contributed by atoms with Crippen molar-refractivity contribution in [2.45, 2.75) is 30.6 Å². The number of fused-ring (bicyclic) bond motifs is 3. The average molecular weight is 419 g/mol. The van der Waals surface area contributed by atoms with E-state index in [1.807, 2.05) is 38.1 Å². The molecule has 0 aliphatic carbocycles. The first-order chi connectivity index (χ1) is 13.7. The maximum atomic E-state index is 13.3. The fraction of sp³-hybridized carbons (Fsp3) is 0.200. The Kier molecular flexibility index (Phi) is 4.77. The van der Waals surface area contributed by atoms with Crippen LogP contribution in [0.1, 0.15) is 13.8 Å². The van der Waals surface area contributed by atoms with E-state index in [0.29, 0.717) is 21.9 Å². The number of alkyl halides is 3. The second-order valence-corrected chi connectivity index (χ2v) is 8.18. The fourth-order valence-electron chi connectivity index (χ4n) is 3.06. The smallest absolute Gasteiger partial charge is 0.406 e. The summed E-state index contributed by atoms with van der Waals surface area (Å²) in [6.45, 7) is 3.95. The first kappa shape index (κ1) is 19.4. The Bertz CT molecular complexity index is 1240. The number of H-pyrrole nitrogens is 1. The summed E-state index contributed by atoms with van der Waals surface area (Å²) in [7, 11) is 0. The number of hydrogen-bond donors (Lipinski definition) is 1. The van der Waals surface area contributed by atoms with Crippen LogP contribution < -0.4 is 10.3 Å². The van der Waals surface area contributed by atoms with Crippen LogP contribution in [-0.2, 0) is 0 Å². The van der Waals surface area contributed by atoms with Crippen molar-refractivity contribution in [1.29, 1.82) is 0 Å². The van der Waals surface area contributed by atoms with E-state index in [0.717, 1.165) is 10.9 Å². The van der Waals surface area contributed by atoms with Gasteiger partial charge in [0.05, 0.1) is 5.69 Å². The van der Waals surface area contributed by atoms with E-state index in [1.165, 1.54) is 40.6 Å². The Morgan fingerprint density at radius 2 is 1.79 bits per heavy atom. The van der Waals surface area contributed by atoms with E-state index in [9.17, 15) is 18.0 Å². The lowest BCUT2D eigenvalue weighted by atomic mass is 10.2. The van der Waals surface area contributed by atoms with E-state index in [2.05, 4.69) is 9.72 Å². The predicted octanol–water partition coefficient (Wildman–Crippen LogP) is 5.27. The van der Waals surface area contributed by atoms with Crippen LogP contribution in [-0.4, -0.2) is 26.1 Å². The molecule has 0 aliphatic rings. The van der Waals surface area contributed by atoms with E-state index >= 15 is 0 Å². The summed E-state index contributed by atoms with van der Waals surface area (Å²) in [5.41, 5.74) is 1.79. The molecule has 0 unspecified atom stereocenters. The molecule has 2 aromatic carbocycles.